The number of hydrogen-bond donors (Lipinski definition) is 0. The maximum atomic E-state index is 14.3. The predicted octanol–water partition coefficient (Wildman–Crippen LogP) is 6.87. The average molecular weight is 434 g/mol. The van der Waals surface area contributed by atoms with Gasteiger partial charge in [0.05, 0.1) is 5.56 Å². The van der Waals surface area contributed by atoms with Crippen LogP contribution in [0.4, 0.5) is 8.78 Å². The van der Waals surface area contributed by atoms with Gasteiger partial charge in [-0.25, -0.2) is 8.78 Å². The first-order valence-electron chi connectivity index (χ1n) is 10.5. The minimum absolute atomic E-state index is 0.252. The minimum Gasteiger partial charge on any atom is -0.489 e. The molecule has 0 amide bonds. The molecular formula is C30H20F2O. The van der Waals surface area contributed by atoms with Crippen LogP contribution in [-0.2, 0) is 0 Å². The van der Waals surface area contributed by atoms with Crippen molar-refractivity contribution in [2.24, 2.45) is 0 Å². The Kier molecular flexibility index (Phi) is 6.84. The van der Waals surface area contributed by atoms with E-state index in [9.17, 15) is 8.78 Å². The SMILES string of the molecule is C/C=C/COc1ccc(C#Cc2ccc(C#Cc3ccc4cc(F)ccc4c3)cc2)c(F)c1. The van der Waals surface area contributed by atoms with Crippen molar-refractivity contribution in [1.29, 1.82) is 0 Å². The Morgan fingerprint density at radius 2 is 1.33 bits per heavy atom. The topological polar surface area (TPSA) is 9.23 Å². The van der Waals surface area contributed by atoms with Gasteiger partial charge in [0.15, 0.2) is 0 Å². The Bertz CT molecular complexity index is 1440. The molecule has 0 atom stereocenters. The largest absolute Gasteiger partial charge is 0.489 e. The Morgan fingerprint density at radius 1 is 0.697 bits per heavy atom. The van der Waals surface area contributed by atoms with E-state index < -0.39 is 5.82 Å². The van der Waals surface area contributed by atoms with Crippen LogP contribution in [0.25, 0.3) is 10.8 Å². The maximum Gasteiger partial charge on any atom is 0.142 e. The second kappa shape index (κ2) is 10.3. The van der Waals surface area contributed by atoms with Crippen LogP contribution in [0.3, 0.4) is 0 Å². The summed E-state index contributed by atoms with van der Waals surface area (Å²) in [6.45, 7) is 2.30. The van der Waals surface area contributed by atoms with Gasteiger partial charge in [0.1, 0.15) is 24.0 Å². The molecule has 0 bridgehead atoms. The van der Waals surface area contributed by atoms with Crippen LogP contribution < -0.4 is 4.74 Å². The lowest BCUT2D eigenvalue weighted by Crippen LogP contribution is -1.94. The molecule has 4 aromatic rings. The van der Waals surface area contributed by atoms with E-state index in [4.69, 9.17) is 4.74 Å². The summed E-state index contributed by atoms with van der Waals surface area (Å²) >= 11 is 0. The number of ether oxygens (including phenoxy) is 1. The third-order valence-electron chi connectivity index (χ3n) is 4.90. The number of fused-ring (bicyclic) bond motifs is 1. The molecule has 0 saturated carbocycles. The summed E-state index contributed by atoms with van der Waals surface area (Å²) in [6.07, 6.45) is 3.73. The fourth-order valence-electron chi connectivity index (χ4n) is 3.14. The molecule has 0 aliphatic rings. The summed E-state index contributed by atoms with van der Waals surface area (Å²) in [5.74, 6) is 11.9. The zero-order valence-corrected chi connectivity index (χ0v) is 18.0. The second-order valence-corrected chi connectivity index (χ2v) is 7.31. The predicted molar refractivity (Wildman–Crippen MR) is 129 cm³/mol. The van der Waals surface area contributed by atoms with E-state index in [1.165, 1.54) is 18.2 Å². The van der Waals surface area contributed by atoms with Gasteiger partial charge >= 0.3 is 0 Å². The molecule has 4 aromatic carbocycles. The van der Waals surface area contributed by atoms with Gasteiger partial charge in [0.25, 0.3) is 0 Å². The first-order valence-corrected chi connectivity index (χ1v) is 10.5. The maximum absolute atomic E-state index is 14.3. The summed E-state index contributed by atoms with van der Waals surface area (Å²) < 4.78 is 33.0. The second-order valence-electron chi connectivity index (χ2n) is 7.31. The molecule has 0 unspecified atom stereocenters. The van der Waals surface area contributed by atoms with Crippen molar-refractivity contribution < 1.29 is 13.5 Å². The summed E-state index contributed by atoms with van der Waals surface area (Å²) in [6, 6.07) is 22.5. The van der Waals surface area contributed by atoms with Crippen molar-refractivity contribution in [2.45, 2.75) is 6.92 Å². The Morgan fingerprint density at radius 3 is 2.06 bits per heavy atom. The van der Waals surface area contributed by atoms with Crippen molar-refractivity contribution in [2.75, 3.05) is 6.61 Å². The van der Waals surface area contributed by atoms with Gasteiger partial charge in [0, 0.05) is 22.8 Å². The monoisotopic (exact) mass is 434 g/mol. The van der Waals surface area contributed by atoms with Gasteiger partial charge in [-0.15, -0.1) is 0 Å². The van der Waals surface area contributed by atoms with E-state index in [0.717, 1.165) is 27.5 Å². The first kappa shape index (κ1) is 21.9. The lowest BCUT2D eigenvalue weighted by atomic mass is 10.1. The number of rotatable bonds is 3. The summed E-state index contributed by atoms with van der Waals surface area (Å²) in [4.78, 5) is 0. The third kappa shape index (κ3) is 5.88. The quantitative estimate of drug-likeness (QED) is 0.252. The summed E-state index contributed by atoms with van der Waals surface area (Å²) in [5, 5.41) is 1.79. The minimum atomic E-state index is -0.416. The molecule has 0 aliphatic carbocycles. The number of hydrogen-bond acceptors (Lipinski definition) is 1. The van der Waals surface area contributed by atoms with Gasteiger partial charge in [-0.05, 0) is 78.4 Å². The number of halogens is 2. The fraction of sp³-hybridized carbons (Fsp3) is 0.0667. The molecule has 0 fully saturated rings. The van der Waals surface area contributed by atoms with Crippen LogP contribution in [0, 0.1) is 35.3 Å². The molecule has 0 radical (unpaired) electrons. The zero-order valence-electron chi connectivity index (χ0n) is 18.0. The normalized spacial score (nSPS) is 10.4. The highest BCUT2D eigenvalue weighted by atomic mass is 19.1. The van der Waals surface area contributed by atoms with E-state index in [1.807, 2.05) is 61.5 Å². The van der Waals surface area contributed by atoms with Crippen LogP contribution >= 0.6 is 0 Å². The highest BCUT2D eigenvalue weighted by Crippen LogP contribution is 2.18. The van der Waals surface area contributed by atoms with Gasteiger partial charge in [-0.2, -0.15) is 0 Å². The Labute approximate surface area is 192 Å². The summed E-state index contributed by atoms with van der Waals surface area (Å²) in [5.41, 5.74) is 2.77. The zero-order chi connectivity index (χ0) is 23.0. The molecule has 33 heavy (non-hydrogen) atoms. The lowest BCUT2D eigenvalue weighted by Gasteiger charge is -2.03. The van der Waals surface area contributed by atoms with Gasteiger partial charge in [-0.3, -0.25) is 0 Å². The molecule has 3 heteroatoms. The van der Waals surface area contributed by atoms with Crippen LogP contribution in [0.2, 0.25) is 0 Å². The Hall–Kier alpha value is -4.34. The molecule has 1 nitrogen and oxygen atoms in total. The molecule has 0 aromatic heterocycles. The van der Waals surface area contributed by atoms with Crippen molar-refractivity contribution in [3.63, 3.8) is 0 Å². The molecule has 160 valence electrons. The fourth-order valence-corrected chi connectivity index (χ4v) is 3.14. The van der Waals surface area contributed by atoms with Crippen LogP contribution in [0.1, 0.15) is 29.2 Å². The van der Waals surface area contributed by atoms with Crippen LogP contribution in [-0.4, -0.2) is 6.61 Å². The van der Waals surface area contributed by atoms with Crippen molar-refractivity contribution in [3.8, 4) is 29.4 Å². The van der Waals surface area contributed by atoms with E-state index >= 15 is 0 Å². The smallest absolute Gasteiger partial charge is 0.142 e. The average Bonchev–Trinajstić information content (AvgIpc) is 2.83. The van der Waals surface area contributed by atoms with Crippen molar-refractivity contribution in [1.82, 2.24) is 0 Å². The highest BCUT2D eigenvalue weighted by molar-refractivity contribution is 5.84. The number of benzene rings is 4. The van der Waals surface area contributed by atoms with Crippen LogP contribution in [0.15, 0.2) is 91.0 Å². The summed E-state index contributed by atoms with van der Waals surface area (Å²) in [7, 11) is 0. The van der Waals surface area contributed by atoms with Crippen LogP contribution in [0.5, 0.6) is 5.75 Å². The van der Waals surface area contributed by atoms with Gasteiger partial charge in [0.2, 0.25) is 0 Å². The molecule has 0 saturated heterocycles. The molecule has 4 rings (SSSR count). The van der Waals surface area contributed by atoms with Crippen molar-refractivity contribution >= 4 is 10.8 Å². The molecule has 0 spiro atoms. The van der Waals surface area contributed by atoms with Crippen molar-refractivity contribution in [3.05, 3.63) is 125 Å². The van der Waals surface area contributed by atoms with E-state index in [1.54, 1.807) is 18.2 Å². The van der Waals surface area contributed by atoms with Gasteiger partial charge < -0.3 is 4.74 Å². The number of allylic oxidation sites excluding steroid dienone is 1. The molecule has 0 N–H and O–H groups in total. The third-order valence-corrected chi connectivity index (χ3v) is 4.90. The molecule has 0 aliphatic heterocycles. The van der Waals surface area contributed by atoms with E-state index in [-0.39, 0.29) is 5.82 Å². The molecule has 0 heterocycles. The lowest BCUT2D eigenvalue weighted by molar-refractivity contribution is 0.360. The van der Waals surface area contributed by atoms with E-state index in [0.29, 0.717) is 17.9 Å². The standard InChI is InChI=1S/C30H20F2O/c1-2-3-18-33-29-17-15-25(30(32)21-29)12-10-23-6-4-22(5-7-23)8-9-24-11-13-27-20-28(31)16-14-26(27)19-24/h2-7,11,13-17,19-21H,18H2,1H3/b3-2+. The molecular weight excluding hydrogens is 414 g/mol. The first-order chi connectivity index (χ1) is 16.1. The highest BCUT2D eigenvalue weighted by Gasteiger charge is 2.02. The van der Waals surface area contributed by atoms with E-state index in [2.05, 4.69) is 23.7 Å². The van der Waals surface area contributed by atoms with Gasteiger partial charge in [-0.1, -0.05) is 48.0 Å². The Balaban J connectivity index is 1.45.